The first-order valence-corrected chi connectivity index (χ1v) is 5.61. The molecule has 0 aliphatic heterocycles. The van der Waals surface area contributed by atoms with E-state index in [2.05, 4.69) is 4.98 Å². The van der Waals surface area contributed by atoms with Crippen molar-refractivity contribution >= 4 is 5.97 Å². The van der Waals surface area contributed by atoms with Gasteiger partial charge in [0.25, 0.3) is 5.56 Å². The van der Waals surface area contributed by atoms with Gasteiger partial charge in [-0.15, -0.1) is 0 Å². The summed E-state index contributed by atoms with van der Waals surface area (Å²) < 4.78 is 0. The molecule has 2 aromatic rings. The SMILES string of the molecule is CC(c1ccccc1)c1c(C(=O)O)cc[nH]c1=O. The molecule has 0 amide bonds. The van der Waals surface area contributed by atoms with E-state index < -0.39 is 5.97 Å². The number of benzene rings is 1. The number of aromatic carboxylic acids is 1. The van der Waals surface area contributed by atoms with Gasteiger partial charge in [0.05, 0.1) is 5.56 Å². The summed E-state index contributed by atoms with van der Waals surface area (Å²) in [5.41, 5.74) is 0.897. The molecule has 0 radical (unpaired) electrons. The first kappa shape index (κ1) is 12.1. The molecule has 4 nitrogen and oxygen atoms in total. The Labute approximate surface area is 104 Å². The number of aromatic nitrogens is 1. The van der Waals surface area contributed by atoms with Crippen molar-refractivity contribution in [2.45, 2.75) is 12.8 Å². The molecule has 4 heteroatoms. The number of carbonyl (C=O) groups is 1. The molecule has 1 unspecified atom stereocenters. The average molecular weight is 243 g/mol. The minimum absolute atomic E-state index is 0.0510. The van der Waals surface area contributed by atoms with Crippen LogP contribution in [0.2, 0.25) is 0 Å². The molecule has 1 aromatic carbocycles. The molecule has 1 atom stereocenters. The highest BCUT2D eigenvalue weighted by atomic mass is 16.4. The van der Waals surface area contributed by atoms with Crippen LogP contribution in [0.15, 0.2) is 47.4 Å². The zero-order valence-electron chi connectivity index (χ0n) is 9.88. The lowest BCUT2D eigenvalue weighted by Gasteiger charge is -2.13. The minimum Gasteiger partial charge on any atom is -0.478 e. The Morgan fingerprint density at radius 3 is 2.50 bits per heavy atom. The highest BCUT2D eigenvalue weighted by Crippen LogP contribution is 2.23. The van der Waals surface area contributed by atoms with E-state index in [1.807, 2.05) is 37.3 Å². The van der Waals surface area contributed by atoms with E-state index in [0.717, 1.165) is 5.56 Å². The van der Waals surface area contributed by atoms with Gasteiger partial charge < -0.3 is 10.1 Å². The fourth-order valence-corrected chi connectivity index (χ4v) is 2.02. The quantitative estimate of drug-likeness (QED) is 0.868. The second-order valence-electron chi connectivity index (χ2n) is 4.07. The summed E-state index contributed by atoms with van der Waals surface area (Å²) in [6.07, 6.45) is 1.35. The van der Waals surface area contributed by atoms with E-state index in [1.165, 1.54) is 12.3 Å². The van der Waals surface area contributed by atoms with E-state index in [-0.39, 0.29) is 22.6 Å². The maximum Gasteiger partial charge on any atom is 0.336 e. The summed E-state index contributed by atoms with van der Waals surface area (Å²) in [5, 5.41) is 9.13. The molecule has 0 saturated carbocycles. The topological polar surface area (TPSA) is 70.2 Å². The largest absolute Gasteiger partial charge is 0.478 e. The zero-order valence-corrected chi connectivity index (χ0v) is 9.88. The maximum absolute atomic E-state index is 11.8. The Bertz CT molecular complexity index is 616. The molecule has 0 saturated heterocycles. The van der Waals surface area contributed by atoms with Gasteiger partial charge in [0, 0.05) is 17.7 Å². The van der Waals surface area contributed by atoms with Crippen LogP contribution in [0.25, 0.3) is 0 Å². The van der Waals surface area contributed by atoms with E-state index in [0.29, 0.717) is 0 Å². The van der Waals surface area contributed by atoms with Crippen LogP contribution in [0.1, 0.15) is 34.3 Å². The lowest BCUT2D eigenvalue weighted by Crippen LogP contribution is -2.20. The van der Waals surface area contributed by atoms with Crippen LogP contribution in [0.5, 0.6) is 0 Å². The standard InChI is InChI=1S/C14H13NO3/c1-9(10-5-3-2-4-6-10)12-11(14(17)18)7-8-15-13(12)16/h2-9H,1H3,(H,15,16)(H,17,18). The lowest BCUT2D eigenvalue weighted by atomic mass is 9.91. The molecule has 92 valence electrons. The smallest absolute Gasteiger partial charge is 0.336 e. The summed E-state index contributed by atoms with van der Waals surface area (Å²) in [7, 11) is 0. The fourth-order valence-electron chi connectivity index (χ4n) is 2.02. The van der Waals surface area contributed by atoms with E-state index >= 15 is 0 Å². The van der Waals surface area contributed by atoms with Crippen molar-refractivity contribution in [3.63, 3.8) is 0 Å². The zero-order chi connectivity index (χ0) is 13.1. The molecule has 1 aromatic heterocycles. The first-order chi connectivity index (χ1) is 8.61. The Morgan fingerprint density at radius 2 is 1.89 bits per heavy atom. The van der Waals surface area contributed by atoms with Crippen LogP contribution < -0.4 is 5.56 Å². The van der Waals surface area contributed by atoms with Gasteiger partial charge >= 0.3 is 5.97 Å². The van der Waals surface area contributed by atoms with Crippen molar-refractivity contribution in [1.82, 2.24) is 4.98 Å². The Morgan fingerprint density at radius 1 is 1.22 bits per heavy atom. The highest BCUT2D eigenvalue weighted by Gasteiger charge is 2.20. The minimum atomic E-state index is -1.08. The second-order valence-corrected chi connectivity index (χ2v) is 4.07. The van der Waals surface area contributed by atoms with E-state index in [1.54, 1.807) is 0 Å². The van der Waals surface area contributed by atoms with Crippen LogP contribution in [0, 0.1) is 0 Å². The predicted molar refractivity (Wildman–Crippen MR) is 68.0 cm³/mol. The molecule has 0 bridgehead atoms. The highest BCUT2D eigenvalue weighted by molar-refractivity contribution is 5.89. The molecule has 1 heterocycles. The van der Waals surface area contributed by atoms with Crippen LogP contribution in [-0.4, -0.2) is 16.1 Å². The summed E-state index contributed by atoms with van der Waals surface area (Å²) in [4.78, 5) is 25.5. The number of aromatic amines is 1. The lowest BCUT2D eigenvalue weighted by molar-refractivity contribution is 0.0695. The van der Waals surface area contributed by atoms with Crippen molar-refractivity contribution in [2.75, 3.05) is 0 Å². The van der Waals surface area contributed by atoms with Gasteiger partial charge in [0.15, 0.2) is 0 Å². The molecule has 0 fully saturated rings. The second kappa shape index (κ2) is 4.87. The monoisotopic (exact) mass is 243 g/mol. The maximum atomic E-state index is 11.8. The number of carboxylic acids is 1. The van der Waals surface area contributed by atoms with Crippen molar-refractivity contribution < 1.29 is 9.90 Å². The van der Waals surface area contributed by atoms with Gasteiger partial charge in [0.2, 0.25) is 0 Å². The third kappa shape index (κ3) is 2.18. The number of hydrogen-bond donors (Lipinski definition) is 2. The predicted octanol–water partition coefficient (Wildman–Crippen LogP) is 2.22. The molecule has 2 rings (SSSR count). The Kier molecular flexibility index (Phi) is 3.28. The molecule has 0 spiro atoms. The van der Waals surface area contributed by atoms with Gasteiger partial charge in [-0.25, -0.2) is 4.79 Å². The normalized spacial score (nSPS) is 12.1. The van der Waals surface area contributed by atoms with Crippen LogP contribution in [0.4, 0.5) is 0 Å². The van der Waals surface area contributed by atoms with Crippen LogP contribution in [-0.2, 0) is 0 Å². The number of pyridine rings is 1. The van der Waals surface area contributed by atoms with Crippen LogP contribution in [0.3, 0.4) is 0 Å². The number of hydrogen-bond acceptors (Lipinski definition) is 2. The summed E-state index contributed by atoms with van der Waals surface area (Å²) in [6.45, 7) is 1.83. The molecular weight excluding hydrogens is 230 g/mol. The van der Waals surface area contributed by atoms with Crippen molar-refractivity contribution in [3.05, 3.63) is 69.6 Å². The number of H-pyrrole nitrogens is 1. The van der Waals surface area contributed by atoms with Crippen LogP contribution >= 0.6 is 0 Å². The summed E-state index contributed by atoms with van der Waals surface area (Å²) in [6, 6.07) is 10.8. The number of nitrogens with one attached hydrogen (secondary N) is 1. The fraction of sp³-hybridized carbons (Fsp3) is 0.143. The molecule has 2 N–H and O–H groups in total. The Balaban J connectivity index is 2.58. The average Bonchev–Trinajstić information content (AvgIpc) is 2.38. The van der Waals surface area contributed by atoms with E-state index in [9.17, 15) is 9.59 Å². The molecule has 18 heavy (non-hydrogen) atoms. The van der Waals surface area contributed by atoms with Gasteiger partial charge in [-0.05, 0) is 11.6 Å². The summed E-state index contributed by atoms with van der Waals surface area (Å²) in [5.74, 6) is -1.35. The van der Waals surface area contributed by atoms with Crippen molar-refractivity contribution in [2.24, 2.45) is 0 Å². The number of carboxylic acid groups (broad SMARTS) is 1. The summed E-state index contributed by atoms with van der Waals surface area (Å²) >= 11 is 0. The van der Waals surface area contributed by atoms with Crippen molar-refractivity contribution in [3.8, 4) is 0 Å². The van der Waals surface area contributed by atoms with Gasteiger partial charge in [-0.1, -0.05) is 37.3 Å². The van der Waals surface area contributed by atoms with Gasteiger partial charge in [0.1, 0.15) is 0 Å². The van der Waals surface area contributed by atoms with Gasteiger partial charge in [-0.2, -0.15) is 0 Å². The molecular formula is C14H13NO3. The van der Waals surface area contributed by atoms with Crippen molar-refractivity contribution in [1.29, 1.82) is 0 Å². The molecule has 0 aliphatic rings. The first-order valence-electron chi connectivity index (χ1n) is 5.61. The van der Waals surface area contributed by atoms with Gasteiger partial charge in [-0.3, -0.25) is 4.79 Å². The Hall–Kier alpha value is -2.36. The third-order valence-electron chi connectivity index (χ3n) is 2.96. The third-order valence-corrected chi connectivity index (χ3v) is 2.96. The number of rotatable bonds is 3. The molecule has 0 aliphatic carbocycles. The van der Waals surface area contributed by atoms with E-state index in [4.69, 9.17) is 5.11 Å².